The number of hydrogen-bond acceptors (Lipinski definition) is 1. The first kappa shape index (κ1) is 32.6. The standard InChI is InChI=1S/C8H18.C5H12.C3H6O.2C2H6/c1-4-5-6-7-8(2)3;1-3-5-4-2;1-3(2)4;2*1-2/h8H,4-7H2,1-3H3;3-5H2,1-2H3;1-2H3;2*1-2H3. The molecule has 0 aliphatic rings. The zero-order valence-electron chi connectivity index (χ0n) is 17.4. The summed E-state index contributed by atoms with van der Waals surface area (Å²) in [6.45, 7) is 22.3. The minimum absolute atomic E-state index is 0.167. The molecule has 0 fully saturated rings. The normalized spacial score (nSPS) is 7.81. The van der Waals surface area contributed by atoms with Gasteiger partial charge < -0.3 is 4.79 Å². The molecule has 0 saturated heterocycles. The van der Waals surface area contributed by atoms with Crippen molar-refractivity contribution in [3.8, 4) is 0 Å². The Morgan fingerprint density at radius 1 is 0.714 bits per heavy atom. The van der Waals surface area contributed by atoms with Gasteiger partial charge >= 0.3 is 0 Å². The third-order valence-corrected chi connectivity index (χ3v) is 2.09. The average molecular weight is 305 g/mol. The van der Waals surface area contributed by atoms with Crippen molar-refractivity contribution < 1.29 is 4.79 Å². The summed E-state index contributed by atoms with van der Waals surface area (Å²) in [5, 5.41) is 0. The van der Waals surface area contributed by atoms with Crippen molar-refractivity contribution in [2.75, 3.05) is 0 Å². The molecule has 1 nitrogen and oxygen atoms in total. The molecule has 21 heavy (non-hydrogen) atoms. The van der Waals surface area contributed by atoms with Crippen LogP contribution in [0.25, 0.3) is 0 Å². The van der Waals surface area contributed by atoms with Gasteiger partial charge in [0.2, 0.25) is 0 Å². The van der Waals surface area contributed by atoms with Gasteiger partial charge in [0, 0.05) is 0 Å². The van der Waals surface area contributed by atoms with Crippen LogP contribution in [-0.2, 0) is 4.79 Å². The second-order valence-electron chi connectivity index (χ2n) is 5.15. The molecule has 0 heterocycles. The quantitative estimate of drug-likeness (QED) is 0.453. The van der Waals surface area contributed by atoms with E-state index >= 15 is 0 Å². The van der Waals surface area contributed by atoms with E-state index in [2.05, 4.69) is 34.6 Å². The molecule has 0 saturated carbocycles. The molecule has 0 rings (SSSR count). The largest absolute Gasteiger partial charge is 0.300 e. The van der Waals surface area contributed by atoms with E-state index in [0.717, 1.165) is 5.92 Å². The summed E-state index contributed by atoms with van der Waals surface area (Å²) >= 11 is 0. The van der Waals surface area contributed by atoms with E-state index in [4.69, 9.17) is 0 Å². The van der Waals surface area contributed by atoms with Gasteiger partial charge in [0.15, 0.2) is 0 Å². The Kier molecular flexibility index (Phi) is 66.2. The first-order chi connectivity index (χ1) is 9.92. The van der Waals surface area contributed by atoms with Crippen LogP contribution in [0.2, 0.25) is 0 Å². The number of rotatable bonds is 6. The van der Waals surface area contributed by atoms with Gasteiger partial charge in [-0.25, -0.2) is 0 Å². The van der Waals surface area contributed by atoms with E-state index in [0.29, 0.717) is 0 Å². The van der Waals surface area contributed by atoms with E-state index in [1.807, 2.05) is 27.7 Å². The van der Waals surface area contributed by atoms with Crippen LogP contribution >= 0.6 is 0 Å². The maximum Gasteiger partial charge on any atom is 0.126 e. The predicted octanol–water partition coefficient (Wildman–Crippen LogP) is 8.07. The maximum absolute atomic E-state index is 9.44. The molecule has 0 amide bonds. The van der Waals surface area contributed by atoms with Crippen LogP contribution in [0.3, 0.4) is 0 Å². The molecular weight excluding hydrogens is 256 g/mol. The maximum atomic E-state index is 9.44. The number of ketones is 1. The third-order valence-electron chi connectivity index (χ3n) is 2.09. The van der Waals surface area contributed by atoms with Crippen LogP contribution in [0, 0.1) is 5.92 Å². The van der Waals surface area contributed by atoms with Gasteiger partial charge in [0.1, 0.15) is 5.78 Å². The fraction of sp³-hybridized carbons (Fsp3) is 0.950. The molecular formula is C20H48O. The number of hydrogen-bond donors (Lipinski definition) is 0. The van der Waals surface area contributed by atoms with Crippen LogP contribution < -0.4 is 0 Å². The van der Waals surface area contributed by atoms with Crippen LogP contribution in [0.1, 0.15) is 121 Å². The zero-order chi connectivity index (χ0) is 18.1. The fourth-order valence-electron chi connectivity index (χ4n) is 1.16. The van der Waals surface area contributed by atoms with E-state index in [1.54, 1.807) is 0 Å². The van der Waals surface area contributed by atoms with Crippen LogP contribution in [0.5, 0.6) is 0 Å². The highest BCUT2D eigenvalue weighted by Crippen LogP contribution is 2.06. The lowest BCUT2D eigenvalue weighted by Gasteiger charge is -2.00. The third kappa shape index (κ3) is 138. The minimum Gasteiger partial charge on any atom is -0.300 e. The number of unbranched alkanes of at least 4 members (excludes halogenated alkanes) is 4. The fourth-order valence-corrected chi connectivity index (χ4v) is 1.16. The highest BCUT2D eigenvalue weighted by atomic mass is 16.1. The number of carbonyl (C=O) groups excluding carboxylic acids is 1. The number of Topliss-reactive ketones (excluding diaryl/α,β-unsaturated/α-hetero) is 1. The molecule has 0 spiro atoms. The highest BCUT2D eigenvalue weighted by molar-refractivity contribution is 5.72. The highest BCUT2D eigenvalue weighted by Gasteiger charge is 1.90. The van der Waals surface area contributed by atoms with Crippen molar-refractivity contribution >= 4 is 5.78 Å². The molecule has 0 aromatic carbocycles. The summed E-state index contributed by atoms with van der Waals surface area (Å²) in [7, 11) is 0. The van der Waals surface area contributed by atoms with Crippen molar-refractivity contribution in [3.63, 3.8) is 0 Å². The molecule has 0 atom stereocenters. The molecule has 0 aliphatic carbocycles. The second-order valence-corrected chi connectivity index (χ2v) is 5.15. The van der Waals surface area contributed by atoms with Crippen molar-refractivity contribution in [2.45, 2.75) is 121 Å². The molecule has 0 aromatic heterocycles. The molecule has 0 N–H and O–H groups in total. The van der Waals surface area contributed by atoms with E-state index in [-0.39, 0.29) is 5.78 Å². The summed E-state index contributed by atoms with van der Waals surface area (Å²) in [6, 6.07) is 0. The Morgan fingerprint density at radius 2 is 1.00 bits per heavy atom. The van der Waals surface area contributed by atoms with Gasteiger partial charge in [0.05, 0.1) is 0 Å². The van der Waals surface area contributed by atoms with E-state index in [9.17, 15) is 4.79 Å². The van der Waals surface area contributed by atoms with E-state index < -0.39 is 0 Å². The molecule has 0 bridgehead atoms. The molecule has 134 valence electrons. The summed E-state index contributed by atoms with van der Waals surface area (Å²) < 4.78 is 0. The van der Waals surface area contributed by atoms with Gasteiger partial charge in [-0.15, -0.1) is 0 Å². The van der Waals surface area contributed by atoms with Gasteiger partial charge in [0.25, 0.3) is 0 Å². The topological polar surface area (TPSA) is 17.1 Å². The first-order valence-electron chi connectivity index (χ1n) is 9.39. The molecule has 0 aliphatic heterocycles. The van der Waals surface area contributed by atoms with Crippen LogP contribution in [0.4, 0.5) is 0 Å². The van der Waals surface area contributed by atoms with Gasteiger partial charge in [-0.2, -0.15) is 0 Å². The molecule has 0 aromatic rings. The summed E-state index contributed by atoms with van der Waals surface area (Å²) in [5.74, 6) is 1.07. The summed E-state index contributed by atoms with van der Waals surface area (Å²) in [4.78, 5) is 9.44. The van der Waals surface area contributed by atoms with Crippen molar-refractivity contribution in [3.05, 3.63) is 0 Å². The molecule has 1 heteroatoms. The second kappa shape index (κ2) is 42.7. The SMILES string of the molecule is CC.CC.CC(C)=O.CCCCC.CCCCCC(C)C. The first-order valence-corrected chi connectivity index (χ1v) is 9.39. The summed E-state index contributed by atoms with van der Waals surface area (Å²) in [6.07, 6.45) is 9.68. The average Bonchev–Trinajstić information content (AvgIpc) is 2.44. The molecule has 0 unspecified atom stereocenters. The van der Waals surface area contributed by atoms with Crippen molar-refractivity contribution in [1.82, 2.24) is 0 Å². The van der Waals surface area contributed by atoms with Gasteiger partial charge in [-0.3, -0.25) is 0 Å². The predicted molar refractivity (Wildman–Crippen MR) is 103 cm³/mol. The van der Waals surface area contributed by atoms with Crippen molar-refractivity contribution in [2.24, 2.45) is 5.92 Å². The van der Waals surface area contributed by atoms with E-state index in [1.165, 1.54) is 58.8 Å². The summed E-state index contributed by atoms with van der Waals surface area (Å²) in [5.41, 5.74) is 0. The Balaban J connectivity index is -0.0000000571. The van der Waals surface area contributed by atoms with Crippen molar-refractivity contribution in [1.29, 1.82) is 0 Å². The Bertz CT molecular complexity index is 122. The zero-order valence-corrected chi connectivity index (χ0v) is 17.4. The Hall–Kier alpha value is -0.330. The monoisotopic (exact) mass is 304 g/mol. The Morgan fingerprint density at radius 3 is 1.14 bits per heavy atom. The molecule has 0 radical (unpaired) electrons. The lowest BCUT2D eigenvalue weighted by molar-refractivity contribution is -0.114. The smallest absolute Gasteiger partial charge is 0.126 e. The minimum atomic E-state index is 0.167. The van der Waals surface area contributed by atoms with Crippen LogP contribution in [0.15, 0.2) is 0 Å². The van der Waals surface area contributed by atoms with Crippen LogP contribution in [-0.4, -0.2) is 5.78 Å². The lowest BCUT2D eigenvalue weighted by Crippen LogP contribution is -1.85. The number of carbonyl (C=O) groups is 1. The van der Waals surface area contributed by atoms with Gasteiger partial charge in [-0.1, -0.05) is 107 Å². The van der Waals surface area contributed by atoms with Gasteiger partial charge in [-0.05, 0) is 19.8 Å². The Labute approximate surface area is 138 Å². The lowest BCUT2D eigenvalue weighted by atomic mass is 10.1.